The first kappa shape index (κ1) is 29.3. The molecule has 0 unspecified atom stereocenters. The molecule has 1 heterocycles. The zero-order valence-corrected chi connectivity index (χ0v) is 21.9. The van der Waals surface area contributed by atoms with Gasteiger partial charge in [0.05, 0.1) is 31.5 Å². The monoisotopic (exact) mass is 482 g/mol. The smallest absolute Gasteiger partial charge is 0.306 e. The van der Waals surface area contributed by atoms with Gasteiger partial charge in [0.25, 0.3) is 0 Å². The average molecular weight is 483 g/mol. The van der Waals surface area contributed by atoms with Crippen LogP contribution in [0.25, 0.3) is 0 Å². The maximum Gasteiger partial charge on any atom is 0.306 e. The van der Waals surface area contributed by atoms with Crippen molar-refractivity contribution in [2.45, 2.75) is 135 Å². The van der Waals surface area contributed by atoms with Crippen LogP contribution < -0.4 is 0 Å². The summed E-state index contributed by atoms with van der Waals surface area (Å²) in [4.78, 5) is 11.6. The Morgan fingerprint density at radius 1 is 1.00 bits per heavy atom. The third-order valence-corrected chi connectivity index (χ3v) is 7.25. The number of carbonyl (C=O) groups excluding carboxylic acids is 1. The van der Waals surface area contributed by atoms with Crippen molar-refractivity contribution in [1.29, 1.82) is 0 Å². The average Bonchev–Trinajstić information content (AvgIpc) is 3.07. The van der Waals surface area contributed by atoms with E-state index in [-0.39, 0.29) is 23.9 Å². The van der Waals surface area contributed by atoms with Crippen LogP contribution in [0.3, 0.4) is 0 Å². The number of unbranched alkanes of at least 4 members (excludes halogenated alkanes) is 5. The van der Waals surface area contributed by atoms with E-state index in [9.17, 15) is 15.0 Å². The highest BCUT2D eigenvalue weighted by atomic mass is 16.7. The molecule has 0 aromatic carbocycles. The van der Waals surface area contributed by atoms with E-state index in [0.29, 0.717) is 12.8 Å². The fraction of sp³-hybridized carbons (Fsp3) is 0.893. The fourth-order valence-corrected chi connectivity index (χ4v) is 5.38. The number of ether oxygens (including phenoxy) is 3. The lowest BCUT2D eigenvalue weighted by atomic mass is 9.84. The second-order valence-corrected chi connectivity index (χ2v) is 10.5. The maximum absolute atomic E-state index is 11.6. The highest BCUT2D eigenvalue weighted by Gasteiger charge is 2.43. The molecule has 2 fully saturated rings. The lowest BCUT2D eigenvalue weighted by molar-refractivity contribution is -0.276. The number of allylic oxidation sites excluding steroid dienone is 2. The molecule has 0 aromatic rings. The predicted molar refractivity (Wildman–Crippen MR) is 134 cm³/mol. The second-order valence-electron chi connectivity index (χ2n) is 10.5. The molecular formula is C28H50O6. The highest BCUT2D eigenvalue weighted by molar-refractivity contribution is 5.69. The van der Waals surface area contributed by atoms with E-state index in [1.165, 1.54) is 25.7 Å². The molecule has 6 heteroatoms. The molecule has 0 radical (unpaired) electrons. The lowest BCUT2D eigenvalue weighted by Crippen LogP contribution is -2.41. The number of hydrogen-bond acceptors (Lipinski definition) is 6. The molecule has 0 aromatic heterocycles. The Morgan fingerprint density at radius 2 is 1.71 bits per heavy atom. The molecule has 1 saturated carbocycles. The minimum atomic E-state index is -0.525. The first-order valence-corrected chi connectivity index (χ1v) is 13.9. The van der Waals surface area contributed by atoms with Crippen molar-refractivity contribution in [2.75, 3.05) is 13.2 Å². The van der Waals surface area contributed by atoms with Crippen LogP contribution in [0.2, 0.25) is 0 Å². The van der Waals surface area contributed by atoms with Crippen LogP contribution >= 0.6 is 0 Å². The van der Waals surface area contributed by atoms with E-state index in [1.54, 1.807) is 0 Å². The molecule has 34 heavy (non-hydrogen) atoms. The van der Waals surface area contributed by atoms with Crippen LogP contribution in [0.1, 0.15) is 111 Å². The van der Waals surface area contributed by atoms with Gasteiger partial charge >= 0.3 is 5.97 Å². The highest BCUT2D eigenvalue weighted by Crippen LogP contribution is 2.41. The van der Waals surface area contributed by atoms with E-state index < -0.39 is 18.0 Å². The van der Waals surface area contributed by atoms with Crippen molar-refractivity contribution in [3.63, 3.8) is 0 Å². The summed E-state index contributed by atoms with van der Waals surface area (Å²) in [5.41, 5.74) is 0. The molecule has 2 rings (SSSR count). The van der Waals surface area contributed by atoms with Crippen molar-refractivity contribution in [1.82, 2.24) is 0 Å². The minimum Gasteiger partial charge on any atom is -0.463 e. The summed E-state index contributed by atoms with van der Waals surface area (Å²) >= 11 is 0. The molecule has 0 bridgehead atoms. The van der Waals surface area contributed by atoms with E-state index in [1.807, 2.05) is 13.8 Å². The molecule has 198 valence electrons. The van der Waals surface area contributed by atoms with Crippen molar-refractivity contribution in [3.05, 3.63) is 12.2 Å². The Hall–Kier alpha value is -0.950. The van der Waals surface area contributed by atoms with E-state index >= 15 is 0 Å². The molecule has 6 nitrogen and oxygen atoms in total. The molecule has 1 saturated heterocycles. The normalized spacial score (nSPS) is 27.0. The van der Waals surface area contributed by atoms with Crippen molar-refractivity contribution in [3.8, 4) is 0 Å². The number of hydrogen-bond donors (Lipinski definition) is 2. The first-order valence-electron chi connectivity index (χ1n) is 13.9. The molecule has 0 amide bonds. The Bertz CT molecular complexity index is 583. The largest absolute Gasteiger partial charge is 0.463 e. The number of aliphatic hydroxyl groups is 2. The van der Waals surface area contributed by atoms with Crippen LogP contribution in [0.5, 0.6) is 0 Å². The Balaban J connectivity index is 1.81. The molecule has 1 aliphatic carbocycles. The minimum absolute atomic E-state index is 0.0438. The summed E-state index contributed by atoms with van der Waals surface area (Å²) < 4.78 is 17.5. The summed E-state index contributed by atoms with van der Waals surface area (Å²) in [6.07, 6.45) is 15.8. The summed E-state index contributed by atoms with van der Waals surface area (Å²) in [6, 6.07) is 0. The number of carbonyl (C=O) groups is 1. The van der Waals surface area contributed by atoms with Crippen LogP contribution in [0, 0.1) is 11.8 Å². The Kier molecular flexibility index (Phi) is 13.7. The first-order chi connectivity index (χ1) is 16.4. The van der Waals surface area contributed by atoms with Crippen LogP contribution in [0.4, 0.5) is 0 Å². The third kappa shape index (κ3) is 10.3. The summed E-state index contributed by atoms with van der Waals surface area (Å²) in [5.74, 6) is -0.582. The van der Waals surface area contributed by atoms with Gasteiger partial charge in [-0.1, -0.05) is 44.8 Å². The van der Waals surface area contributed by atoms with E-state index in [4.69, 9.17) is 14.2 Å². The van der Waals surface area contributed by atoms with Crippen LogP contribution in [0.15, 0.2) is 12.2 Å². The van der Waals surface area contributed by atoms with Gasteiger partial charge in [-0.15, -0.1) is 0 Å². The number of rotatable bonds is 16. The van der Waals surface area contributed by atoms with Crippen molar-refractivity contribution < 1.29 is 29.2 Å². The molecular weight excluding hydrogens is 432 g/mol. The molecule has 2 N–H and O–H groups in total. The van der Waals surface area contributed by atoms with Gasteiger partial charge in [0.1, 0.15) is 0 Å². The van der Waals surface area contributed by atoms with Gasteiger partial charge in [-0.25, -0.2) is 0 Å². The van der Waals surface area contributed by atoms with Crippen LogP contribution in [-0.4, -0.2) is 53.5 Å². The third-order valence-electron chi connectivity index (χ3n) is 7.25. The molecule has 1 aliphatic heterocycles. The predicted octanol–water partition coefficient (Wildman–Crippen LogP) is 5.69. The molecule has 0 spiro atoms. The topological polar surface area (TPSA) is 85.2 Å². The number of esters is 1. The Morgan fingerprint density at radius 3 is 2.41 bits per heavy atom. The SMILES string of the molecule is CCCCCCCC1(CC[C@@H]2[C@@H](CC=CCCCC(=O)OC(C)C)[C@@H](O)C[C@H]2O)OCCCO1. The van der Waals surface area contributed by atoms with E-state index in [2.05, 4.69) is 19.1 Å². The number of aliphatic hydroxyl groups excluding tert-OH is 2. The molecule has 4 atom stereocenters. The van der Waals surface area contributed by atoms with Crippen molar-refractivity contribution >= 4 is 5.97 Å². The van der Waals surface area contributed by atoms with Gasteiger partial charge in [0.2, 0.25) is 0 Å². The standard InChI is InChI=1S/C28H50O6/c1-4-5-6-9-12-17-28(32-19-13-20-33-28)18-16-24-23(25(29)21-26(24)30)14-10-7-8-11-15-27(31)34-22(2)3/h7,10,22-26,29-30H,4-6,8-9,11-21H2,1-3H3/t23-,24-,25+,26-/m1/s1. The van der Waals surface area contributed by atoms with Gasteiger partial charge in [-0.05, 0) is 70.6 Å². The maximum atomic E-state index is 11.6. The zero-order valence-electron chi connectivity index (χ0n) is 21.9. The summed E-state index contributed by atoms with van der Waals surface area (Å²) in [5, 5.41) is 21.3. The molecule has 2 aliphatic rings. The van der Waals surface area contributed by atoms with E-state index in [0.717, 1.165) is 64.6 Å². The van der Waals surface area contributed by atoms with Crippen LogP contribution in [-0.2, 0) is 19.0 Å². The zero-order chi connectivity index (χ0) is 24.8. The quantitative estimate of drug-likeness (QED) is 0.167. The van der Waals surface area contributed by atoms with Gasteiger partial charge < -0.3 is 24.4 Å². The Labute approximate surface area is 207 Å². The fourth-order valence-electron chi connectivity index (χ4n) is 5.38. The summed E-state index contributed by atoms with van der Waals surface area (Å²) in [7, 11) is 0. The summed E-state index contributed by atoms with van der Waals surface area (Å²) in [6.45, 7) is 7.42. The van der Waals surface area contributed by atoms with Gasteiger partial charge in [0.15, 0.2) is 5.79 Å². The van der Waals surface area contributed by atoms with Gasteiger partial charge in [-0.2, -0.15) is 0 Å². The van der Waals surface area contributed by atoms with Gasteiger partial charge in [0, 0.05) is 19.3 Å². The second kappa shape index (κ2) is 15.9. The van der Waals surface area contributed by atoms with Crippen molar-refractivity contribution in [2.24, 2.45) is 11.8 Å². The van der Waals surface area contributed by atoms with Gasteiger partial charge in [-0.3, -0.25) is 4.79 Å². The lowest BCUT2D eigenvalue weighted by Gasteiger charge is -2.39.